The van der Waals surface area contributed by atoms with Crippen molar-refractivity contribution < 1.29 is 9.53 Å². The number of aromatic nitrogens is 4. The summed E-state index contributed by atoms with van der Waals surface area (Å²) in [6.45, 7) is 3.89. The highest BCUT2D eigenvalue weighted by molar-refractivity contribution is 6.02. The first kappa shape index (κ1) is 11.6. The zero-order valence-electron chi connectivity index (χ0n) is 10.6. The van der Waals surface area contributed by atoms with Crippen LogP contribution in [0.3, 0.4) is 0 Å². The number of benzene rings is 1. The van der Waals surface area contributed by atoms with Gasteiger partial charge in [-0.05, 0) is 19.9 Å². The van der Waals surface area contributed by atoms with Crippen LogP contribution >= 0.6 is 0 Å². The van der Waals surface area contributed by atoms with E-state index in [1.807, 2.05) is 24.3 Å². The lowest BCUT2D eigenvalue weighted by Gasteiger charge is -2.06. The molecule has 0 saturated carbocycles. The van der Waals surface area contributed by atoms with Crippen molar-refractivity contribution >= 4 is 22.5 Å². The second kappa shape index (κ2) is 4.31. The Morgan fingerprint density at radius 2 is 2.16 bits per heavy atom. The van der Waals surface area contributed by atoms with Gasteiger partial charge in [0.1, 0.15) is 5.69 Å². The van der Waals surface area contributed by atoms with Gasteiger partial charge in [0, 0.05) is 5.39 Å². The fourth-order valence-corrected chi connectivity index (χ4v) is 2.02. The smallest absolute Gasteiger partial charge is 0.357 e. The van der Waals surface area contributed by atoms with Crippen molar-refractivity contribution in [3.63, 3.8) is 0 Å². The van der Waals surface area contributed by atoms with Crippen LogP contribution in [0, 0.1) is 6.92 Å². The van der Waals surface area contributed by atoms with Gasteiger partial charge in [0.2, 0.25) is 0 Å². The van der Waals surface area contributed by atoms with E-state index in [2.05, 4.69) is 15.3 Å². The maximum atomic E-state index is 12.0. The highest BCUT2D eigenvalue weighted by atomic mass is 16.5. The third-order valence-corrected chi connectivity index (χ3v) is 2.88. The Hall–Kier alpha value is -2.50. The number of aryl methyl sites for hydroxylation is 1. The minimum atomic E-state index is -0.429. The average molecular weight is 256 g/mol. The molecule has 0 N–H and O–H groups in total. The molecule has 96 valence electrons. The molecule has 0 radical (unpaired) electrons. The number of para-hydroxylation sites is 1. The van der Waals surface area contributed by atoms with Crippen LogP contribution in [-0.4, -0.2) is 32.4 Å². The van der Waals surface area contributed by atoms with Gasteiger partial charge in [-0.2, -0.15) is 4.52 Å². The normalized spacial score (nSPS) is 11.1. The van der Waals surface area contributed by atoms with E-state index in [-0.39, 0.29) is 0 Å². The van der Waals surface area contributed by atoms with Crippen LogP contribution < -0.4 is 0 Å². The third-order valence-electron chi connectivity index (χ3n) is 2.88. The largest absolute Gasteiger partial charge is 0.461 e. The Labute approximate surface area is 109 Å². The van der Waals surface area contributed by atoms with Crippen LogP contribution in [0.4, 0.5) is 0 Å². The first-order chi connectivity index (χ1) is 9.22. The van der Waals surface area contributed by atoms with Crippen LogP contribution in [0.15, 0.2) is 24.3 Å². The van der Waals surface area contributed by atoms with Crippen molar-refractivity contribution in [2.75, 3.05) is 6.61 Å². The molecule has 0 aliphatic heterocycles. The zero-order chi connectivity index (χ0) is 13.4. The Morgan fingerprint density at radius 1 is 1.37 bits per heavy atom. The van der Waals surface area contributed by atoms with E-state index in [0.717, 1.165) is 5.52 Å². The lowest BCUT2D eigenvalue weighted by molar-refractivity contribution is 0.0522. The van der Waals surface area contributed by atoms with E-state index in [4.69, 9.17) is 4.74 Å². The molecule has 0 amide bonds. The number of nitrogens with zero attached hydrogens (tertiary/aromatic N) is 4. The molecule has 6 nitrogen and oxygen atoms in total. The molecule has 0 atom stereocenters. The molecule has 2 aromatic heterocycles. The second-order valence-corrected chi connectivity index (χ2v) is 4.11. The number of carbonyl (C=O) groups is 1. The number of esters is 1. The summed E-state index contributed by atoms with van der Waals surface area (Å²) in [5, 5.41) is 8.74. The lowest BCUT2D eigenvalue weighted by atomic mass is 10.2. The molecule has 1 aromatic carbocycles. The summed E-state index contributed by atoms with van der Waals surface area (Å²) in [7, 11) is 0. The maximum Gasteiger partial charge on any atom is 0.357 e. The van der Waals surface area contributed by atoms with Gasteiger partial charge in [0.15, 0.2) is 11.3 Å². The van der Waals surface area contributed by atoms with Crippen molar-refractivity contribution in [2.45, 2.75) is 13.8 Å². The SMILES string of the molecule is CCOC(=O)c1nc2c(C)nnn2c2ccccc12. The molecule has 6 heteroatoms. The molecule has 0 unspecified atom stereocenters. The van der Waals surface area contributed by atoms with Gasteiger partial charge < -0.3 is 4.74 Å². The van der Waals surface area contributed by atoms with Crippen molar-refractivity contribution in [1.29, 1.82) is 0 Å². The first-order valence-corrected chi connectivity index (χ1v) is 6.00. The number of fused-ring (bicyclic) bond motifs is 3. The van der Waals surface area contributed by atoms with Crippen molar-refractivity contribution in [1.82, 2.24) is 19.8 Å². The minimum absolute atomic E-state index is 0.301. The van der Waals surface area contributed by atoms with Crippen LogP contribution in [0.25, 0.3) is 16.6 Å². The van der Waals surface area contributed by atoms with Crippen molar-refractivity contribution in [3.05, 3.63) is 35.7 Å². The molecular weight excluding hydrogens is 244 g/mol. The number of hydrogen-bond donors (Lipinski definition) is 0. The highest BCUT2D eigenvalue weighted by Crippen LogP contribution is 2.20. The standard InChI is InChI=1S/C13H12N4O2/c1-3-19-13(18)11-9-6-4-5-7-10(9)17-12(14-11)8(2)15-16-17/h4-7H,3H2,1-2H3. The van der Waals surface area contributed by atoms with Gasteiger partial charge in [0.25, 0.3) is 0 Å². The molecule has 3 rings (SSSR count). The van der Waals surface area contributed by atoms with E-state index in [9.17, 15) is 4.79 Å². The monoisotopic (exact) mass is 256 g/mol. The van der Waals surface area contributed by atoms with Crippen LogP contribution in [-0.2, 0) is 4.74 Å². The molecule has 2 heterocycles. The molecule has 0 aliphatic carbocycles. The molecule has 3 aromatic rings. The minimum Gasteiger partial charge on any atom is -0.461 e. The molecule has 19 heavy (non-hydrogen) atoms. The van der Waals surface area contributed by atoms with Crippen LogP contribution in [0.2, 0.25) is 0 Å². The van der Waals surface area contributed by atoms with Gasteiger partial charge in [-0.25, -0.2) is 9.78 Å². The van der Waals surface area contributed by atoms with Crippen LogP contribution in [0.5, 0.6) is 0 Å². The Kier molecular flexibility index (Phi) is 2.63. The summed E-state index contributed by atoms with van der Waals surface area (Å²) >= 11 is 0. The Bertz CT molecular complexity index is 779. The number of hydrogen-bond acceptors (Lipinski definition) is 5. The zero-order valence-corrected chi connectivity index (χ0v) is 10.6. The fourth-order valence-electron chi connectivity index (χ4n) is 2.02. The first-order valence-electron chi connectivity index (χ1n) is 6.00. The molecule has 0 fully saturated rings. The molecule has 0 spiro atoms. The predicted octanol–water partition coefficient (Wildman–Crippen LogP) is 1.76. The molecular formula is C13H12N4O2. The summed E-state index contributed by atoms with van der Waals surface area (Å²) in [4.78, 5) is 16.3. The summed E-state index contributed by atoms with van der Waals surface area (Å²) in [6.07, 6.45) is 0. The average Bonchev–Trinajstić information content (AvgIpc) is 2.80. The lowest BCUT2D eigenvalue weighted by Crippen LogP contribution is -2.10. The Balaban J connectivity index is 2.40. The van der Waals surface area contributed by atoms with Gasteiger partial charge in [-0.3, -0.25) is 0 Å². The van der Waals surface area contributed by atoms with E-state index in [0.29, 0.717) is 29.0 Å². The number of ether oxygens (including phenoxy) is 1. The van der Waals surface area contributed by atoms with E-state index in [1.165, 1.54) is 0 Å². The summed E-state index contributed by atoms with van der Waals surface area (Å²) < 4.78 is 6.68. The molecule has 0 saturated heterocycles. The van der Waals surface area contributed by atoms with Gasteiger partial charge in [0.05, 0.1) is 12.1 Å². The molecule has 0 bridgehead atoms. The van der Waals surface area contributed by atoms with Crippen molar-refractivity contribution in [3.8, 4) is 0 Å². The summed E-state index contributed by atoms with van der Waals surface area (Å²) in [5.41, 5.74) is 2.34. The van der Waals surface area contributed by atoms with E-state index in [1.54, 1.807) is 18.4 Å². The third kappa shape index (κ3) is 1.72. The topological polar surface area (TPSA) is 69.4 Å². The van der Waals surface area contributed by atoms with Crippen molar-refractivity contribution in [2.24, 2.45) is 0 Å². The van der Waals surface area contributed by atoms with Crippen LogP contribution in [0.1, 0.15) is 23.1 Å². The maximum absolute atomic E-state index is 12.0. The Morgan fingerprint density at radius 3 is 2.95 bits per heavy atom. The number of carbonyl (C=O) groups excluding carboxylic acids is 1. The fraction of sp³-hybridized carbons (Fsp3) is 0.231. The quantitative estimate of drug-likeness (QED) is 0.653. The van der Waals surface area contributed by atoms with Gasteiger partial charge in [-0.15, -0.1) is 5.10 Å². The number of rotatable bonds is 2. The van der Waals surface area contributed by atoms with Gasteiger partial charge in [-0.1, -0.05) is 23.4 Å². The van der Waals surface area contributed by atoms with E-state index >= 15 is 0 Å². The highest BCUT2D eigenvalue weighted by Gasteiger charge is 2.17. The van der Waals surface area contributed by atoms with Gasteiger partial charge >= 0.3 is 5.97 Å². The second-order valence-electron chi connectivity index (χ2n) is 4.11. The van der Waals surface area contributed by atoms with E-state index < -0.39 is 5.97 Å². The summed E-state index contributed by atoms with van der Waals surface area (Å²) in [5.74, 6) is -0.429. The predicted molar refractivity (Wildman–Crippen MR) is 69.0 cm³/mol. The molecule has 0 aliphatic rings. The summed E-state index contributed by atoms with van der Waals surface area (Å²) in [6, 6.07) is 7.43.